The summed E-state index contributed by atoms with van der Waals surface area (Å²) < 4.78 is 13.1. The molecule has 1 aliphatic heterocycles. The number of hydrogen-bond acceptors (Lipinski definition) is 3. The number of aliphatic hydroxyl groups excluding tert-OH is 1. The number of rotatable bonds is 4. The average Bonchev–Trinajstić information content (AvgIpc) is 2.68. The lowest BCUT2D eigenvalue weighted by Crippen LogP contribution is -2.28. The predicted molar refractivity (Wildman–Crippen MR) is 62.0 cm³/mol. The van der Waals surface area contributed by atoms with Crippen molar-refractivity contribution in [3.63, 3.8) is 0 Å². The number of nitrogens with two attached hydrogens (primary N) is 1. The number of fused-ring (bicyclic) bond motifs is 1. The monoisotopic (exact) mass is 224 g/mol. The van der Waals surface area contributed by atoms with Crippen molar-refractivity contribution in [1.82, 2.24) is 0 Å². The minimum Gasteiger partial charge on any atom is -0.392 e. The van der Waals surface area contributed by atoms with E-state index in [1.165, 1.54) is 11.6 Å². The second kappa shape index (κ2) is 4.80. The molecule has 0 aliphatic carbocycles. The Morgan fingerprint density at radius 3 is 3.06 bits per heavy atom. The molecule has 16 heavy (non-hydrogen) atoms. The Morgan fingerprint density at radius 1 is 1.50 bits per heavy atom. The van der Waals surface area contributed by atoms with Crippen molar-refractivity contribution in [3.05, 3.63) is 29.6 Å². The van der Waals surface area contributed by atoms with E-state index in [-0.39, 0.29) is 12.4 Å². The maximum absolute atomic E-state index is 13.1. The molecule has 0 bridgehead atoms. The van der Waals surface area contributed by atoms with Crippen LogP contribution in [-0.4, -0.2) is 30.8 Å². The molecule has 0 aromatic heterocycles. The number of aliphatic hydroxyl groups is 1. The lowest BCUT2D eigenvalue weighted by molar-refractivity contribution is 0.175. The highest BCUT2D eigenvalue weighted by Gasteiger charge is 2.19. The average molecular weight is 224 g/mol. The topological polar surface area (TPSA) is 49.5 Å². The molecule has 0 saturated carbocycles. The van der Waals surface area contributed by atoms with E-state index in [2.05, 4.69) is 4.90 Å². The Hall–Kier alpha value is -1.13. The maximum Gasteiger partial charge on any atom is 0.125 e. The van der Waals surface area contributed by atoms with Crippen LogP contribution in [0.4, 0.5) is 10.1 Å². The molecule has 1 aromatic rings. The second-order valence-electron chi connectivity index (χ2n) is 4.19. The predicted octanol–water partition coefficient (Wildman–Crippen LogP) is 0.898. The summed E-state index contributed by atoms with van der Waals surface area (Å²) in [6.07, 6.45) is 1.12. The highest BCUT2D eigenvalue weighted by atomic mass is 19.1. The lowest BCUT2D eigenvalue weighted by atomic mass is 10.1. The van der Waals surface area contributed by atoms with Crippen LogP contribution >= 0.6 is 0 Å². The first kappa shape index (κ1) is 11.4. The van der Waals surface area contributed by atoms with Gasteiger partial charge in [0, 0.05) is 25.3 Å². The van der Waals surface area contributed by atoms with Gasteiger partial charge in [0.15, 0.2) is 0 Å². The van der Waals surface area contributed by atoms with Crippen molar-refractivity contribution in [3.8, 4) is 0 Å². The van der Waals surface area contributed by atoms with Gasteiger partial charge in [0.25, 0.3) is 0 Å². The Balaban J connectivity index is 2.02. The Bertz CT molecular complexity index is 370. The fourth-order valence-corrected chi connectivity index (χ4v) is 2.07. The molecule has 3 nitrogen and oxygen atoms in total. The molecule has 88 valence electrons. The summed E-state index contributed by atoms with van der Waals surface area (Å²) in [5.41, 5.74) is 7.49. The minimum atomic E-state index is -0.461. The van der Waals surface area contributed by atoms with E-state index >= 15 is 0 Å². The Kier molecular flexibility index (Phi) is 3.41. The molecule has 0 radical (unpaired) electrons. The first-order valence-electron chi connectivity index (χ1n) is 5.62. The van der Waals surface area contributed by atoms with Gasteiger partial charge in [-0.05, 0) is 30.5 Å². The number of benzene rings is 1. The molecule has 1 unspecified atom stereocenters. The maximum atomic E-state index is 13.1. The van der Waals surface area contributed by atoms with Crippen molar-refractivity contribution >= 4 is 5.69 Å². The molecular formula is C12H17FN2O. The van der Waals surface area contributed by atoms with Crippen molar-refractivity contribution < 1.29 is 9.50 Å². The van der Waals surface area contributed by atoms with E-state index in [9.17, 15) is 9.50 Å². The van der Waals surface area contributed by atoms with E-state index in [1.807, 2.05) is 6.07 Å². The molecule has 4 heteroatoms. The summed E-state index contributed by atoms with van der Waals surface area (Å²) in [4.78, 5) is 2.11. The van der Waals surface area contributed by atoms with Gasteiger partial charge in [-0.1, -0.05) is 6.07 Å². The van der Waals surface area contributed by atoms with Crippen molar-refractivity contribution in [2.75, 3.05) is 24.5 Å². The number of hydrogen-bond donors (Lipinski definition) is 2. The van der Waals surface area contributed by atoms with Crippen LogP contribution < -0.4 is 10.6 Å². The zero-order valence-corrected chi connectivity index (χ0v) is 9.19. The summed E-state index contributed by atoms with van der Waals surface area (Å²) in [6, 6.07) is 4.90. The van der Waals surface area contributed by atoms with Gasteiger partial charge in [0.1, 0.15) is 5.82 Å². The van der Waals surface area contributed by atoms with Gasteiger partial charge < -0.3 is 15.7 Å². The zero-order valence-electron chi connectivity index (χ0n) is 9.19. The molecule has 0 saturated heterocycles. The molecule has 1 aliphatic rings. The van der Waals surface area contributed by atoms with E-state index in [4.69, 9.17) is 5.73 Å². The van der Waals surface area contributed by atoms with Gasteiger partial charge in [-0.15, -0.1) is 0 Å². The van der Waals surface area contributed by atoms with Crippen LogP contribution in [0.2, 0.25) is 0 Å². The third-order valence-electron chi connectivity index (χ3n) is 3.04. The number of nitrogens with zero attached hydrogens (tertiary/aromatic N) is 1. The minimum absolute atomic E-state index is 0.204. The molecule has 1 aromatic carbocycles. The van der Waals surface area contributed by atoms with Crippen LogP contribution in [0.5, 0.6) is 0 Å². The fourth-order valence-electron chi connectivity index (χ4n) is 2.07. The van der Waals surface area contributed by atoms with Crippen LogP contribution in [0.15, 0.2) is 18.2 Å². The summed E-state index contributed by atoms with van der Waals surface area (Å²) in [5, 5.41) is 9.40. The van der Waals surface area contributed by atoms with E-state index < -0.39 is 6.10 Å². The molecule has 1 atom stereocenters. The summed E-state index contributed by atoms with van der Waals surface area (Å²) in [7, 11) is 0. The van der Waals surface area contributed by atoms with Crippen LogP contribution in [0.3, 0.4) is 0 Å². The van der Waals surface area contributed by atoms with Crippen LogP contribution in [-0.2, 0) is 6.42 Å². The van der Waals surface area contributed by atoms with Crippen LogP contribution in [0, 0.1) is 5.82 Å². The van der Waals surface area contributed by atoms with Crippen LogP contribution in [0.25, 0.3) is 0 Å². The molecule has 3 N–H and O–H groups in total. The molecule has 0 amide bonds. The van der Waals surface area contributed by atoms with Gasteiger partial charge in [-0.3, -0.25) is 0 Å². The first-order valence-corrected chi connectivity index (χ1v) is 5.62. The number of anilines is 1. The summed E-state index contributed by atoms with van der Waals surface area (Å²) in [6.45, 7) is 1.91. The third kappa shape index (κ3) is 2.33. The van der Waals surface area contributed by atoms with Gasteiger partial charge in [0.05, 0.1) is 6.10 Å². The second-order valence-corrected chi connectivity index (χ2v) is 4.19. The first-order chi connectivity index (χ1) is 7.70. The highest BCUT2D eigenvalue weighted by molar-refractivity contribution is 5.58. The number of halogens is 1. The van der Waals surface area contributed by atoms with Gasteiger partial charge in [-0.25, -0.2) is 4.39 Å². The van der Waals surface area contributed by atoms with E-state index in [0.29, 0.717) is 6.42 Å². The van der Waals surface area contributed by atoms with Crippen molar-refractivity contribution in [2.24, 2.45) is 5.73 Å². The van der Waals surface area contributed by atoms with Crippen LogP contribution in [0.1, 0.15) is 12.0 Å². The van der Waals surface area contributed by atoms with E-state index in [0.717, 1.165) is 25.2 Å². The molecule has 1 heterocycles. The standard InChI is InChI=1S/C12H17FN2O/c13-10-2-1-9-3-5-15(12(9)7-10)6-4-11(16)8-14/h1-2,7,11,16H,3-6,8,14H2. The quantitative estimate of drug-likeness (QED) is 0.799. The highest BCUT2D eigenvalue weighted by Crippen LogP contribution is 2.28. The zero-order chi connectivity index (χ0) is 11.5. The molecular weight excluding hydrogens is 207 g/mol. The molecule has 0 spiro atoms. The van der Waals surface area contributed by atoms with Gasteiger partial charge in [-0.2, -0.15) is 0 Å². The Morgan fingerprint density at radius 2 is 2.31 bits per heavy atom. The van der Waals surface area contributed by atoms with E-state index in [1.54, 1.807) is 6.07 Å². The summed E-state index contributed by atoms with van der Waals surface area (Å²) >= 11 is 0. The third-order valence-corrected chi connectivity index (χ3v) is 3.04. The SMILES string of the molecule is NCC(O)CCN1CCc2ccc(F)cc21. The smallest absolute Gasteiger partial charge is 0.125 e. The van der Waals surface area contributed by atoms with Crippen molar-refractivity contribution in [2.45, 2.75) is 18.9 Å². The van der Waals surface area contributed by atoms with Crippen molar-refractivity contribution in [1.29, 1.82) is 0 Å². The Labute approximate surface area is 94.7 Å². The summed E-state index contributed by atoms with van der Waals surface area (Å²) in [5.74, 6) is -0.204. The normalized spacial score (nSPS) is 16.3. The fraction of sp³-hybridized carbons (Fsp3) is 0.500. The largest absolute Gasteiger partial charge is 0.392 e. The van der Waals surface area contributed by atoms with Gasteiger partial charge in [0.2, 0.25) is 0 Å². The molecule has 2 rings (SSSR count). The lowest BCUT2D eigenvalue weighted by Gasteiger charge is -2.20. The molecule has 0 fully saturated rings. The van der Waals surface area contributed by atoms with Gasteiger partial charge >= 0.3 is 0 Å².